The first-order valence-corrected chi connectivity index (χ1v) is 10.3. The Kier molecular flexibility index (Phi) is 4.64. The molecule has 0 aliphatic heterocycles. The summed E-state index contributed by atoms with van der Waals surface area (Å²) in [6, 6.07) is 4.98. The molecule has 4 nitrogen and oxygen atoms in total. The van der Waals surface area contributed by atoms with Crippen LogP contribution < -0.4 is 5.14 Å². The van der Waals surface area contributed by atoms with E-state index in [9.17, 15) is 8.42 Å². The van der Waals surface area contributed by atoms with Crippen molar-refractivity contribution < 1.29 is 8.42 Å². The summed E-state index contributed by atoms with van der Waals surface area (Å²) in [5, 5.41) is 4.98. The minimum absolute atomic E-state index is 0.335. The third kappa shape index (κ3) is 3.25. The van der Waals surface area contributed by atoms with Gasteiger partial charge >= 0.3 is 0 Å². The molecule has 1 aromatic heterocycles. The van der Waals surface area contributed by atoms with Gasteiger partial charge in [-0.2, -0.15) is 0 Å². The normalized spacial score (nSPS) is 27.9. The predicted molar refractivity (Wildman–Crippen MR) is 89.4 cm³/mol. The van der Waals surface area contributed by atoms with Gasteiger partial charge in [-0.3, -0.25) is 0 Å². The second kappa shape index (κ2) is 6.36. The molecule has 0 radical (unpaired) electrons. The zero-order valence-corrected chi connectivity index (χ0v) is 14.3. The molecule has 0 unspecified atom stereocenters. The average Bonchev–Trinajstić information content (AvgIpc) is 2.89. The van der Waals surface area contributed by atoms with E-state index < -0.39 is 10.0 Å². The Hall–Kier alpha value is -0.810. The molecule has 0 saturated heterocycles. The number of hydrogen-bond acceptors (Lipinski definition) is 2. The highest BCUT2D eigenvalue weighted by atomic mass is 32.2. The number of nitrogens with zero attached hydrogens (tertiary/aromatic N) is 1. The molecular weight excluding hydrogens is 296 g/mol. The number of hydrogen-bond donors (Lipinski definition) is 1. The Morgan fingerprint density at radius 3 is 2.23 bits per heavy atom. The highest BCUT2D eigenvalue weighted by Crippen LogP contribution is 2.39. The van der Waals surface area contributed by atoms with Crippen LogP contribution in [0.5, 0.6) is 0 Å². The molecule has 2 fully saturated rings. The Morgan fingerprint density at radius 1 is 1.00 bits per heavy atom. The smallest absolute Gasteiger partial charge is 0.211 e. The number of primary sulfonamides is 1. The molecule has 1 aromatic rings. The first-order valence-electron chi connectivity index (χ1n) is 8.66. The van der Waals surface area contributed by atoms with Gasteiger partial charge in [0.2, 0.25) is 10.0 Å². The van der Waals surface area contributed by atoms with Gasteiger partial charge in [0.1, 0.15) is 0 Å². The van der Waals surface area contributed by atoms with E-state index >= 15 is 0 Å². The van der Waals surface area contributed by atoms with E-state index in [1.807, 2.05) is 0 Å². The van der Waals surface area contributed by atoms with Crippen molar-refractivity contribution in [1.82, 2.24) is 4.57 Å². The van der Waals surface area contributed by atoms with Crippen molar-refractivity contribution in [3.63, 3.8) is 0 Å². The molecule has 5 heteroatoms. The maximum Gasteiger partial charge on any atom is 0.211 e. The van der Waals surface area contributed by atoms with Crippen LogP contribution in [-0.2, 0) is 10.0 Å². The van der Waals surface area contributed by atoms with Crippen molar-refractivity contribution in [1.29, 1.82) is 0 Å². The first-order chi connectivity index (χ1) is 10.5. The van der Waals surface area contributed by atoms with Crippen molar-refractivity contribution in [2.24, 2.45) is 5.14 Å². The summed E-state index contributed by atoms with van der Waals surface area (Å²) in [4.78, 5) is 0. The van der Waals surface area contributed by atoms with E-state index in [-0.39, 0.29) is 5.25 Å². The summed E-state index contributed by atoms with van der Waals surface area (Å²) in [6.45, 7) is 2.18. The SMILES string of the molecule is Cc1ccc(C2CCCCC2)n1C1CCC(S(N)(=O)=O)CC1. The molecule has 2 N–H and O–H groups in total. The van der Waals surface area contributed by atoms with Gasteiger partial charge in [-0.15, -0.1) is 0 Å². The van der Waals surface area contributed by atoms with E-state index in [0.29, 0.717) is 24.8 Å². The van der Waals surface area contributed by atoms with E-state index in [1.54, 1.807) is 0 Å². The van der Waals surface area contributed by atoms with Gasteiger partial charge in [0.05, 0.1) is 5.25 Å². The molecule has 0 bridgehead atoms. The summed E-state index contributed by atoms with van der Waals surface area (Å²) in [5.74, 6) is 0.693. The molecule has 0 atom stereocenters. The fraction of sp³-hybridized carbons (Fsp3) is 0.765. The summed E-state index contributed by atoms with van der Waals surface area (Å²) >= 11 is 0. The summed E-state index contributed by atoms with van der Waals surface area (Å²) in [7, 11) is -3.37. The lowest BCUT2D eigenvalue weighted by molar-refractivity contribution is 0.327. The van der Waals surface area contributed by atoms with Crippen molar-refractivity contribution in [3.8, 4) is 0 Å². The standard InChI is InChI=1S/C17H28N2O2S/c1-13-7-12-17(14-5-3-2-4-6-14)19(13)15-8-10-16(11-9-15)22(18,20)21/h7,12,14-16H,2-6,8-11H2,1H3,(H2,18,20,21). The van der Waals surface area contributed by atoms with Crippen molar-refractivity contribution in [3.05, 3.63) is 23.5 Å². The Bertz CT molecular complexity index is 607. The third-order valence-corrected chi connectivity index (χ3v) is 7.05. The highest BCUT2D eigenvalue weighted by molar-refractivity contribution is 7.89. The molecule has 0 aromatic carbocycles. The van der Waals surface area contributed by atoms with E-state index in [0.717, 1.165) is 12.8 Å². The molecule has 0 amide bonds. The first kappa shape index (κ1) is 16.1. The minimum atomic E-state index is -3.37. The van der Waals surface area contributed by atoms with E-state index in [4.69, 9.17) is 5.14 Å². The molecule has 2 aliphatic rings. The maximum atomic E-state index is 11.5. The number of nitrogens with two attached hydrogens (primary N) is 1. The molecule has 22 heavy (non-hydrogen) atoms. The maximum absolute atomic E-state index is 11.5. The van der Waals surface area contributed by atoms with Crippen LogP contribution in [0.15, 0.2) is 12.1 Å². The number of aromatic nitrogens is 1. The van der Waals surface area contributed by atoms with Gasteiger partial charge in [0.15, 0.2) is 0 Å². The van der Waals surface area contributed by atoms with Crippen LogP contribution >= 0.6 is 0 Å². The monoisotopic (exact) mass is 324 g/mol. The van der Waals surface area contributed by atoms with Gasteiger partial charge < -0.3 is 4.57 Å². The zero-order chi connectivity index (χ0) is 15.7. The van der Waals surface area contributed by atoms with Gasteiger partial charge in [-0.1, -0.05) is 19.3 Å². The Balaban J connectivity index is 1.77. The van der Waals surface area contributed by atoms with E-state index in [2.05, 4.69) is 23.6 Å². The Morgan fingerprint density at radius 2 is 1.64 bits per heavy atom. The molecule has 1 heterocycles. The number of sulfonamides is 1. The summed E-state index contributed by atoms with van der Waals surface area (Å²) in [6.07, 6.45) is 9.91. The summed E-state index contributed by atoms with van der Waals surface area (Å²) < 4.78 is 25.6. The average molecular weight is 324 g/mol. The number of rotatable bonds is 3. The predicted octanol–water partition coefficient (Wildman–Crippen LogP) is 3.62. The number of aryl methyl sites for hydroxylation is 1. The molecule has 2 saturated carbocycles. The third-order valence-electron chi connectivity index (χ3n) is 5.65. The van der Waals surface area contributed by atoms with Crippen molar-refractivity contribution >= 4 is 10.0 Å². The molecule has 124 valence electrons. The van der Waals surface area contributed by atoms with Crippen molar-refractivity contribution in [2.45, 2.75) is 81.9 Å². The quantitative estimate of drug-likeness (QED) is 0.923. The van der Waals surface area contributed by atoms with Crippen LogP contribution in [0.3, 0.4) is 0 Å². The van der Waals surface area contributed by atoms with Crippen LogP contribution in [0.4, 0.5) is 0 Å². The highest BCUT2D eigenvalue weighted by Gasteiger charge is 2.31. The van der Waals surface area contributed by atoms with Crippen molar-refractivity contribution in [2.75, 3.05) is 0 Å². The van der Waals surface area contributed by atoms with Gasteiger partial charge in [0.25, 0.3) is 0 Å². The van der Waals surface area contributed by atoms with Crippen LogP contribution in [0, 0.1) is 6.92 Å². The van der Waals surface area contributed by atoms with Crippen LogP contribution in [0.1, 0.15) is 81.1 Å². The molecule has 0 spiro atoms. The molecular formula is C17H28N2O2S. The summed E-state index contributed by atoms with van der Waals surface area (Å²) in [5.41, 5.74) is 2.80. The second-order valence-electron chi connectivity index (χ2n) is 7.12. The second-order valence-corrected chi connectivity index (χ2v) is 8.97. The van der Waals surface area contributed by atoms with Gasteiger partial charge in [-0.05, 0) is 63.5 Å². The molecule has 2 aliphatic carbocycles. The lowest BCUT2D eigenvalue weighted by Crippen LogP contribution is -2.33. The zero-order valence-electron chi connectivity index (χ0n) is 13.5. The minimum Gasteiger partial charge on any atom is -0.346 e. The van der Waals surface area contributed by atoms with E-state index in [1.165, 1.54) is 43.5 Å². The lowest BCUT2D eigenvalue weighted by atomic mass is 9.86. The van der Waals surface area contributed by atoms with Gasteiger partial charge in [0, 0.05) is 17.4 Å². The fourth-order valence-electron chi connectivity index (χ4n) is 4.43. The lowest BCUT2D eigenvalue weighted by Gasteiger charge is -2.33. The van der Waals surface area contributed by atoms with Crippen LogP contribution in [0.25, 0.3) is 0 Å². The van der Waals surface area contributed by atoms with Crippen LogP contribution in [-0.4, -0.2) is 18.2 Å². The topological polar surface area (TPSA) is 65.1 Å². The molecule has 3 rings (SSSR count). The fourth-order valence-corrected chi connectivity index (χ4v) is 5.36. The van der Waals surface area contributed by atoms with Gasteiger partial charge in [-0.25, -0.2) is 13.6 Å². The largest absolute Gasteiger partial charge is 0.346 e. The Labute approximate surface area is 134 Å². The van der Waals surface area contributed by atoms with Crippen LogP contribution in [0.2, 0.25) is 0 Å².